The fourth-order valence-electron chi connectivity index (χ4n) is 2.53. The van der Waals surface area contributed by atoms with Gasteiger partial charge >= 0.3 is 0 Å². The summed E-state index contributed by atoms with van der Waals surface area (Å²) in [6.07, 6.45) is 9.59. The van der Waals surface area contributed by atoms with Crippen LogP contribution in [0.5, 0.6) is 0 Å². The van der Waals surface area contributed by atoms with Gasteiger partial charge in [-0.25, -0.2) is 8.42 Å². The Hall–Kier alpha value is 0.260. The average molecular weight is 293 g/mol. The molecule has 0 aromatic rings. The van der Waals surface area contributed by atoms with Crippen molar-refractivity contribution < 1.29 is 8.42 Å². The van der Waals surface area contributed by atoms with Crippen molar-refractivity contribution in [3.05, 3.63) is 0 Å². The molecule has 108 valence electrons. The number of hydrogen-bond acceptors (Lipinski definition) is 4. The number of thioether (sulfide) groups is 1. The average Bonchev–Trinajstić information content (AvgIpc) is 2.39. The Labute approximate surface area is 116 Å². The van der Waals surface area contributed by atoms with Crippen molar-refractivity contribution in [2.24, 2.45) is 0 Å². The molecule has 0 amide bonds. The molecule has 0 heterocycles. The van der Waals surface area contributed by atoms with Crippen molar-refractivity contribution in [3.63, 3.8) is 0 Å². The van der Waals surface area contributed by atoms with Crippen LogP contribution >= 0.6 is 11.8 Å². The van der Waals surface area contributed by atoms with Gasteiger partial charge in [0.25, 0.3) is 0 Å². The predicted molar refractivity (Wildman–Crippen MR) is 81.1 cm³/mol. The van der Waals surface area contributed by atoms with Crippen LogP contribution in [0.15, 0.2) is 0 Å². The molecule has 1 N–H and O–H groups in total. The van der Waals surface area contributed by atoms with E-state index >= 15 is 0 Å². The fourth-order valence-corrected chi connectivity index (χ4v) is 4.34. The van der Waals surface area contributed by atoms with Crippen LogP contribution in [-0.4, -0.2) is 44.0 Å². The Kier molecular flexibility index (Phi) is 7.03. The molecule has 5 heteroatoms. The summed E-state index contributed by atoms with van der Waals surface area (Å²) >= 11 is 1.98. The van der Waals surface area contributed by atoms with Crippen LogP contribution in [0.1, 0.15) is 45.4 Å². The second-order valence-corrected chi connectivity index (χ2v) is 8.96. The fraction of sp³-hybridized carbons (Fsp3) is 1.00. The predicted octanol–water partition coefficient (Wildman–Crippen LogP) is 2.47. The number of sulfone groups is 1. The summed E-state index contributed by atoms with van der Waals surface area (Å²) in [7, 11) is -2.79. The van der Waals surface area contributed by atoms with Crippen LogP contribution in [0.2, 0.25) is 0 Å². The largest absolute Gasteiger partial charge is 0.315 e. The SMILES string of the molecule is CCS(=O)(=O)CCCNCC1(SC)CCCCC1. The Morgan fingerprint density at radius 2 is 1.89 bits per heavy atom. The van der Waals surface area contributed by atoms with Crippen molar-refractivity contribution >= 4 is 21.6 Å². The Balaban J connectivity index is 2.20. The van der Waals surface area contributed by atoms with Crippen LogP contribution in [0, 0.1) is 0 Å². The van der Waals surface area contributed by atoms with E-state index in [1.807, 2.05) is 11.8 Å². The quantitative estimate of drug-likeness (QED) is 0.698. The maximum Gasteiger partial charge on any atom is 0.150 e. The molecule has 0 aromatic carbocycles. The van der Waals surface area contributed by atoms with Crippen LogP contribution in [0.25, 0.3) is 0 Å². The van der Waals surface area contributed by atoms with Gasteiger partial charge in [0.2, 0.25) is 0 Å². The van der Waals surface area contributed by atoms with E-state index in [4.69, 9.17) is 0 Å². The first-order chi connectivity index (χ1) is 8.54. The van der Waals surface area contributed by atoms with Gasteiger partial charge in [0.15, 0.2) is 0 Å². The Bertz CT molecular complexity index is 322. The topological polar surface area (TPSA) is 46.2 Å². The molecular formula is C13H27NO2S2. The second-order valence-electron chi connectivity index (χ2n) is 5.21. The Morgan fingerprint density at radius 1 is 1.22 bits per heavy atom. The highest BCUT2D eigenvalue weighted by molar-refractivity contribution is 8.00. The summed E-state index contributed by atoms with van der Waals surface area (Å²) in [4.78, 5) is 0. The lowest BCUT2D eigenvalue weighted by molar-refractivity contribution is 0.380. The van der Waals surface area contributed by atoms with Crippen molar-refractivity contribution in [1.29, 1.82) is 0 Å². The second kappa shape index (κ2) is 7.75. The van der Waals surface area contributed by atoms with E-state index in [2.05, 4.69) is 11.6 Å². The maximum atomic E-state index is 11.4. The van der Waals surface area contributed by atoms with Gasteiger partial charge < -0.3 is 5.32 Å². The van der Waals surface area contributed by atoms with Crippen LogP contribution in [-0.2, 0) is 9.84 Å². The zero-order chi connectivity index (χ0) is 13.5. The normalized spacial score (nSPS) is 19.9. The molecule has 0 atom stereocenters. The zero-order valence-electron chi connectivity index (χ0n) is 11.7. The first-order valence-electron chi connectivity index (χ1n) is 7.00. The Morgan fingerprint density at radius 3 is 2.44 bits per heavy atom. The molecule has 1 aliphatic carbocycles. The number of nitrogens with one attached hydrogen (secondary N) is 1. The van der Waals surface area contributed by atoms with Crippen LogP contribution in [0.4, 0.5) is 0 Å². The minimum absolute atomic E-state index is 0.266. The molecule has 0 unspecified atom stereocenters. The van der Waals surface area contributed by atoms with Gasteiger partial charge in [-0.3, -0.25) is 0 Å². The third-order valence-electron chi connectivity index (χ3n) is 3.89. The molecule has 0 spiro atoms. The summed E-state index contributed by atoms with van der Waals surface area (Å²) in [5.74, 6) is 0.588. The highest BCUT2D eigenvalue weighted by atomic mass is 32.2. The molecule has 0 saturated heterocycles. The van der Waals surface area contributed by atoms with Gasteiger partial charge in [0.05, 0.1) is 5.75 Å². The van der Waals surface area contributed by atoms with E-state index in [0.29, 0.717) is 10.5 Å². The van der Waals surface area contributed by atoms with Gasteiger partial charge in [-0.15, -0.1) is 0 Å². The molecule has 0 radical (unpaired) electrons. The van der Waals surface area contributed by atoms with E-state index in [9.17, 15) is 8.42 Å². The summed E-state index contributed by atoms with van der Waals surface area (Å²) in [5.41, 5.74) is 0. The third kappa shape index (κ3) is 5.49. The van der Waals surface area contributed by atoms with E-state index in [-0.39, 0.29) is 5.75 Å². The molecule has 1 fully saturated rings. The number of rotatable bonds is 8. The smallest absolute Gasteiger partial charge is 0.150 e. The number of hydrogen-bond donors (Lipinski definition) is 1. The molecule has 1 saturated carbocycles. The molecule has 0 bridgehead atoms. The van der Waals surface area contributed by atoms with Crippen LogP contribution in [0.3, 0.4) is 0 Å². The first kappa shape index (κ1) is 16.3. The standard InChI is InChI=1S/C13H27NO2S2/c1-3-18(15,16)11-7-10-14-12-13(17-2)8-5-4-6-9-13/h14H,3-12H2,1-2H3. The summed E-state index contributed by atoms with van der Waals surface area (Å²) in [6.45, 7) is 3.56. The minimum Gasteiger partial charge on any atom is -0.315 e. The molecule has 0 aromatic heterocycles. The lowest BCUT2D eigenvalue weighted by Gasteiger charge is -2.36. The monoisotopic (exact) mass is 293 g/mol. The third-order valence-corrected chi connectivity index (χ3v) is 7.10. The van der Waals surface area contributed by atoms with Crippen molar-refractivity contribution in [3.8, 4) is 0 Å². The maximum absolute atomic E-state index is 11.4. The molecule has 1 rings (SSSR count). The summed E-state index contributed by atoms with van der Waals surface area (Å²) < 4.78 is 23.1. The van der Waals surface area contributed by atoms with E-state index in [1.54, 1.807) is 6.92 Å². The van der Waals surface area contributed by atoms with E-state index < -0.39 is 9.84 Å². The summed E-state index contributed by atoms with van der Waals surface area (Å²) in [6, 6.07) is 0. The minimum atomic E-state index is -2.79. The lowest BCUT2D eigenvalue weighted by Crippen LogP contribution is -2.39. The van der Waals surface area contributed by atoms with Crippen molar-refractivity contribution in [2.75, 3.05) is 30.9 Å². The van der Waals surface area contributed by atoms with Gasteiger partial charge in [0.1, 0.15) is 9.84 Å². The van der Waals surface area contributed by atoms with Gasteiger partial charge in [0, 0.05) is 17.0 Å². The first-order valence-corrected chi connectivity index (χ1v) is 10.0. The van der Waals surface area contributed by atoms with Crippen molar-refractivity contribution in [2.45, 2.75) is 50.2 Å². The molecular weight excluding hydrogens is 266 g/mol. The highest BCUT2D eigenvalue weighted by Gasteiger charge is 2.30. The van der Waals surface area contributed by atoms with Gasteiger partial charge in [-0.05, 0) is 32.1 Å². The zero-order valence-corrected chi connectivity index (χ0v) is 13.3. The van der Waals surface area contributed by atoms with E-state index in [0.717, 1.165) is 19.5 Å². The highest BCUT2D eigenvalue weighted by Crippen LogP contribution is 2.37. The summed E-state index contributed by atoms with van der Waals surface area (Å²) in [5, 5.41) is 3.46. The molecule has 1 aliphatic rings. The van der Waals surface area contributed by atoms with Crippen LogP contribution < -0.4 is 5.32 Å². The van der Waals surface area contributed by atoms with Gasteiger partial charge in [-0.1, -0.05) is 26.2 Å². The van der Waals surface area contributed by atoms with Gasteiger partial charge in [-0.2, -0.15) is 11.8 Å². The molecule has 18 heavy (non-hydrogen) atoms. The molecule has 0 aliphatic heterocycles. The lowest BCUT2D eigenvalue weighted by atomic mass is 9.88. The van der Waals surface area contributed by atoms with Crippen molar-refractivity contribution in [1.82, 2.24) is 5.32 Å². The van der Waals surface area contributed by atoms with E-state index in [1.165, 1.54) is 32.1 Å². The molecule has 3 nitrogen and oxygen atoms in total.